The highest BCUT2D eigenvalue weighted by Crippen LogP contribution is 2.35. The van der Waals surface area contributed by atoms with E-state index in [0.717, 1.165) is 5.56 Å². The van der Waals surface area contributed by atoms with E-state index in [1.54, 1.807) is 30.3 Å². The average Bonchev–Trinajstić information content (AvgIpc) is 3.26. The highest BCUT2D eigenvalue weighted by molar-refractivity contribution is 8.25. The summed E-state index contributed by atoms with van der Waals surface area (Å²) in [5.74, 6) is -0.452. The van der Waals surface area contributed by atoms with Crippen molar-refractivity contribution in [3.05, 3.63) is 77.8 Å². The van der Waals surface area contributed by atoms with Crippen molar-refractivity contribution in [1.29, 1.82) is 0 Å². The number of amides is 1. The van der Waals surface area contributed by atoms with Crippen LogP contribution in [0.2, 0.25) is 0 Å². The molecule has 4 rings (SSSR count). The number of carbonyl (C=O) groups is 2. The van der Waals surface area contributed by atoms with Crippen molar-refractivity contribution >= 4 is 45.9 Å². The standard InChI is InChI=1S/C21H14FNO4S2/c22-14-2-1-3-15(10-14)23-19(24)18(29-21(23)28)11-16-8-9-17(27-16)12-4-6-13(7-5-12)20(25)26/h1-10,18H,11H2,(H,25,26). The topological polar surface area (TPSA) is 70.8 Å². The van der Waals surface area contributed by atoms with E-state index in [-0.39, 0.29) is 11.5 Å². The molecule has 29 heavy (non-hydrogen) atoms. The van der Waals surface area contributed by atoms with Gasteiger partial charge in [-0.25, -0.2) is 9.18 Å². The lowest BCUT2D eigenvalue weighted by atomic mass is 10.1. The third-order valence-corrected chi connectivity index (χ3v) is 5.96. The molecular formula is C21H14FNO4S2. The number of carbonyl (C=O) groups excluding carboxylic acids is 1. The van der Waals surface area contributed by atoms with Crippen LogP contribution in [-0.4, -0.2) is 26.6 Å². The van der Waals surface area contributed by atoms with Gasteiger partial charge in [-0.15, -0.1) is 0 Å². The molecule has 0 saturated carbocycles. The van der Waals surface area contributed by atoms with Crippen molar-refractivity contribution in [2.45, 2.75) is 11.7 Å². The second-order valence-corrected chi connectivity index (χ2v) is 8.22. The summed E-state index contributed by atoms with van der Waals surface area (Å²) in [7, 11) is 0. The first-order valence-corrected chi connectivity index (χ1v) is 9.94. The fourth-order valence-corrected chi connectivity index (χ4v) is 4.58. The molecule has 1 saturated heterocycles. The van der Waals surface area contributed by atoms with E-state index in [9.17, 15) is 14.0 Å². The molecule has 1 fully saturated rings. The minimum absolute atomic E-state index is 0.194. The molecule has 1 aliphatic rings. The Balaban J connectivity index is 1.49. The number of anilines is 1. The number of benzene rings is 2. The number of thiocarbonyl (C=S) groups is 1. The maximum absolute atomic E-state index is 13.5. The zero-order valence-electron chi connectivity index (χ0n) is 14.9. The Morgan fingerprint density at radius 1 is 1.17 bits per heavy atom. The number of rotatable bonds is 5. The first kappa shape index (κ1) is 19.4. The van der Waals surface area contributed by atoms with Crippen molar-refractivity contribution in [3.63, 3.8) is 0 Å². The average molecular weight is 427 g/mol. The maximum atomic E-state index is 13.5. The highest BCUT2D eigenvalue weighted by Gasteiger charge is 2.38. The monoisotopic (exact) mass is 427 g/mol. The first-order valence-electron chi connectivity index (χ1n) is 8.65. The molecule has 0 spiro atoms. The molecule has 2 heterocycles. The van der Waals surface area contributed by atoms with E-state index < -0.39 is 17.0 Å². The number of furan rings is 1. The van der Waals surface area contributed by atoms with Crippen molar-refractivity contribution in [2.75, 3.05) is 4.90 Å². The van der Waals surface area contributed by atoms with E-state index in [0.29, 0.717) is 27.9 Å². The van der Waals surface area contributed by atoms with Gasteiger partial charge < -0.3 is 9.52 Å². The molecule has 1 amide bonds. The molecule has 0 bridgehead atoms. The predicted octanol–water partition coefficient (Wildman–Crippen LogP) is 4.76. The van der Waals surface area contributed by atoms with Crippen LogP contribution >= 0.6 is 24.0 Å². The van der Waals surface area contributed by atoms with E-state index in [2.05, 4.69) is 0 Å². The van der Waals surface area contributed by atoms with E-state index >= 15 is 0 Å². The van der Waals surface area contributed by atoms with Gasteiger partial charge in [0.15, 0.2) is 0 Å². The van der Waals surface area contributed by atoms with Crippen molar-refractivity contribution in [3.8, 4) is 11.3 Å². The van der Waals surface area contributed by atoms with Gasteiger partial charge in [-0.3, -0.25) is 9.69 Å². The zero-order chi connectivity index (χ0) is 20.5. The maximum Gasteiger partial charge on any atom is 0.335 e. The number of nitrogens with zero attached hydrogens (tertiary/aromatic N) is 1. The first-order chi connectivity index (χ1) is 13.9. The zero-order valence-corrected chi connectivity index (χ0v) is 16.5. The largest absolute Gasteiger partial charge is 0.478 e. The van der Waals surface area contributed by atoms with Crippen LogP contribution in [0.4, 0.5) is 10.1 Å². The van der Waals surface area contributed by atoms with Gasteiger partial charge >= 0.3 is 5.97 Å². The lowest BCUT2D eigenvalue weighted by Gasteiger charge is -2.15. The van der Waals surface area contributed by atoms with E-state index in [1.807, 2.05) is 0 Å². The van der Waals surface area contributed by atoms with Crippen molar-refractivity contribution in [2.24, 2.45) is 0 Å². The van der Waals surface area contributed by atoms with Gasteiger partial charge in [0.05, 0.1) is 16.5 Å². The number of halogens is 1. The number of carboxylic acid groups (broad SMARTS) is 1. The second-order valence-electron chi connectivity index (χ2n) is 6.38. The fraction of sp³-hybridized carbons (Fsp3) is 0.0952. The molecule has 1 N–H and O–H groups in total. The van der Waals surface area contributed by atoms with E-state index in [1.165, 1.54) is 47.0 Å². The molecule has 1 aromatic heterocycles. The Bertz CT molecular complexity index is 1110. The minimum atomic E-state index is -0.993. The molecule has 1 aliphatic heterocycles. The van der Waals surface area contributed by atoms with Crippen molar-refractivity contribution < 1.29 is 23.5 Å². The van der Waals surface area contributed by atoms with Gasteiger partial charge in [0.1, 0.15) is 21.7 Å². The smallest absolute Gasteiger partial charge is 0.335 e. The van der Waals surface area contributed by atoms with Crippen molar-refractivity contribution in [1.82, 2.24) is 0 Å². The Morgan fingerprint density at radius 2 is 1.93 bits per heavy atom. The molecule has 8 heteroatoms. The van der Waals surface area contributed by atoms with E-state index in [4.69, 9.17) is 21.7 Å². The number of hydrogen-bond acceptors (Lipinski definition) is 5. The molecule has 1 atom stereocenters. The molecule has 5 nitrogen and oxygen atoms in total. The van der Waals surface area contributed by atoms with Crippen LogP contribution in [0.1, 0.15) is 16.1 Å². The molecular weight excluding hydrogens is 413 g/mol. The lowest BCUT2D eigenvalue weighted by Crippen LogP contribution is -2.32. The third kappa shape index (κ3) is 3.94. The van der Waals surface area contributed by atoms with Gasteiger partial charge in [0.2, 0.25) is 5.91 Å². The van der Waals surface area contributed by atoms with Gasteiger partial charge in [0.25, 0.3) is 0 Å². The minimum Gasteiger partial charge on any atom is -0.478 e. The number of thioether (sulfide) groups is 1. The number of aromatic carboxylic acids is 1. The lowest BCUT2D eigenvalue weighted by molar-refractivity contribution is -0.116. The molecule has 146 valence electrons. The quantitative estimate of drug-likeness (QED) is 0.592. The summed E-state index contributed by atoms with van der Waals surface area (Å²) < 4.78 is 19.7. The number of carboxylic acids is 1. The Kier molecular flexibility index (Phi) is 5.21. The molecule has 3 aromatic rings. The molecule has 1 unspecified atom stereocenters. The van der Waals surface area contributed by atoms with Crippen LogP contribution in [-0.2, 0) is 11.2 Å². The summed E-state index contributed by atoms with van der Waals surface area (Å²) in [6.45, 7) is 0. The fourth-order valence-electron chi connectivity index (χ4n) is 3.04. The molecule has 0 radical (unpaired) electrons. The normalized spacial score (nSPS) is 16.4. The van der Waals surface area contributed by atoms with Gasteiger partial charge in [-0.1, -0.05) is 42.2 Å². The van der Waals surface area contributed by atoms with Gasteiger partial charge in [0, 0.05) is 12.0 Å². The third-order valence-electron chi connectivity index (χ3n) is 4.45. The number of hydrogen-bond donors (Lipinski definition) is 1. The Morgan fingerprint density at radius 3 is 2.62 bits per heavy atom. The molecule has 2 aromatic carbocycles. The van der Waals surface area contributed by atoms with Crippen LogP contribution in [0.3, 0.4) is 0 Å². The Labute approximate surface area is 175 Å². The van der Waals surface area contributed by atoms with Crippen LogP contribution < -0.4 is 4.90 Å². The summed E-state index contributed by atoms with van der Waals surface area (Å²) >= 11 is 6.57. The SMILES string of the molecule is O=C(O)c1ccc(-c2ccc(CC3SC(=S)N(c4cccc(F)c4)C3=O)o2)cc1. The predicted molar refractivity (Wildman–Crippen MR) is 113 cm³/mol. The summed E-state index contributed by atoms with van der Waals surface area (Å²) in [5.41, 5.74) is 1.34. The summed E-state index contributed by atoms with van der Waals surface area (Å²) in [4.78, 5) is 25.1. The Hall–Kier alpha value is -2.97. The molecule has 0 aliphatic carbocycles. The highest BCUT2D eigenvalue weighted by atomic mass is 32.2. The summed E-state index contributed by atoms with van der Waals surface area (Å²) in [6, 6.07) is 15.7. The van der Waals surface area contributed by atoms with Crippen LogP contribution in [0.25, 0.3) is 11.3 Å². The summed E-state index contributed by atoms with van der Waals surface area (Å²) in [5, 5.41) is 8.52. The van der Waals surface area contributed by atoms with Crippen LogP contribution in [0, 0.1) is 5.82 Å². The van der Waals surface area contributed by atoms with Gasteiger partial charge in [-0.2, -0.15) is 0 Å². The second kappa shape index (κ2) is 7.81. The van der Waals surface area contributed by atoms with Gasteiger partial charge in [-0.05, 0) is 42.5 Å². The summed E-state index contributed by atoms with van der Waals surface area (Å²) in [6.07, 6.45) is 0.336. The van der Waals surface area contributed by atoms with Crippen LogP contribution in [0.5, 0.6) is 0 Å². The van der Waals surface area contributed by atoms with Crippen LogP contribution in [0.15, 0.2) is 65.1 Å².